The fourth-order valence-corrected chi connectivity index (χ4v) is 3.05. The Bertz CT molecular complexity index is 720. The molecule has 1 atom stereocenters. The summed E-state index contributed by atoms with van der Waals surface area (Å²) in [6.07, 6.45) is 1.88. The normalized spacial score (nSPS) is 12.7. The fourth-order valence-electron chi connectivity index (χ4n) is 2.32. The molecule has 3 aromatic rings. The van der Waals surface area contributed by atoms with Crippen LogP contribution in [0.1, 0.15) is 29.1 Å². The van der Waals surface area contributed by atoms with Crippen molar-refractivity contribution in [3.63, 3.8) is 0 Å². The molecule has 0 aliphatic carbocycles. The van der Waals surface area contributed by atoms with Crippen molar-refractivity contribution in [2.75, 3.05) is 6.54 Å². The van der Waals surface area contributed by atoms with E-state index >= 15 is 0 Å². The molecule has 102 valence electrons. The maximum absolute atomic E-state index is 4.76. The van der Waals surface area contributed by atoms with Gasteiger partial charge in [0.1, 0.15) is 0 Å². The Hall–Kier alpha value is -1.78. The van der Waals surface area contributed by atoms with Crippen molar-refractivity contribution in [2.24, 2.45) is 0 Å². The van der Waals surface area contributed by atoms with E-state index in [0.29, 0.717) is 0 Å². The lowest BCUT2D eigenvalue weighted by atomic mass is 10.1. The molecule has 0 bridgehead atoms. The molecule has 0 aliphatic rings. The minimum atomic E-state index is 0.113. The summed E-state index contributed by atoms with van der Waals surface area (Å²) in [5.41, 5.74) is 4.12. The van der Waals surface area contributed by atoms with Gasteiger partial charge in [0.2, 0.25) is 0 Å². The van der Waals surface area contributed by atoms with E-state index in [4.69, 9.17) is 4.98 Å². The molecule has 0 amide bonds. The minimum Gasteiger partial charge on any atom is -0.305 e. The van der Waals surface area contributed by atoms with Gasteiger partial charge in [0.25, 0.3) is 0 Å². The minimum absolute atomic E-state index is 0.113. The number of hydrogen-bond donors (Lipinski definition) is 1. The zero-order valence-electron chi connectivity index (χ0n) is 11.6. The molecule has 4 heteroatoms. The van der Waals surface area contributed by atoms with Gasteiger partial charge in [-0.15, -0.1) is 11.3 Å². The summed E-state index contributed by atoms with van der Waals surface area (Å²) in [4.78, 5) is 10.6. The average Bonchev–Trinajstić information content (AvgIpc) is 2.90. The topological polar surface area (TPSA) is 37.8 Å². The predicted octanol–water partition coefficient (Wildman–Crippen LogP) is 3.70. The van der Waals surface area contributed by atoms with Gasteiger partial charge in [0, 0.05) is 4.88 Å². The van der Waals surface area contributed by atoms with Crippen LogP contribution in [0.15, 0.2) is 41.9 Å². The molecule has 20 heavy (non-hydrogen) atoms. The van der Waals surface area contributed by atoms with Crippen LogP contribution in [0, 0.1) is 6.92 Å². The lowest BCUT2D eigenvalue weighted by Gasteiger charge is -2.16. The third kappa shape index (κ3) is 2.57. The van der Waals surface area contributed by atoms with Crippen LogP contribution < -0.4 is 5.32 Å². The monoisotopic (exact) mass is 283 g/mol. The number of nitrogens with zero attached hydrogens (tertiary/aromatic N) is 2. The smallest absolute Gasteiger partial charge is 0.0890 e. The lowest BCUT2D eigenvalue weighted by Crippen LogP contribution is -2.22. The fraction of sp³-hybridized carbons (Fsp3) is 0.250. The molecular formula is C16H17N3S. The third-order valence-corrected chi connectivity index (χ3v) is 4.14. The van der Waals surface area contributed by atoms with E-state index < -0.39 is 0 Å². The summed E-state index contributed by atoms with van der Waals surface area (Å²) in [7, 11) is 0. The number of para-hydroxylation sites is 2. The molecule has 0 spiro atoms. The Kier molecular flexibility index (Phi) is 3.76. The second-order valence-electron chi connectivity index (χ2n) is 4.76. The van der Waals surface area contributed by atoms with Crippen molar-refractivity contribution in [3.8, 4) is 0 Å². The van der Waals surface area contributed by atoms with Crippen LogP contribution in [0.25, 0.3) is 11.0 Å². The molecule has 0 saturated heterocycles. The highest BCUT2D eigenvalue weighted by molar-refractivity contribution is 7.10. The van der Waals surface area contributed by atoms with Crippen molar-refractivity contribution < 1.29 is 0 Å². The second-order valence-corrected chi connectivity index (χ2v) is 5.88. The van der Waals surface area contributed by atoms with Gasteiger partial charge in [0.15, 0.2) is 0 Å². The molecule has 0 aliphatic heterocycles. The molecular weight excluding hydrogens is 266 g/mol. The molecule has 2 heterocycles. The van der Waals surface area contributed by atoms with Crippen LogP contribution in [0.2, 0.25) is 0 Å². The zero-order chi connectivity index (χ0) is 13.9. The van der Waals surface area contributed by atoms with Crippen LogP contribution in [-0.4, -0.2) is 16.5 Å². The number of hydrogen-bond acceptors (Lipinski definition) is 4. The maximum Gasteiger partial charge on any atom is 0.0890 e. The quantitative estimate of drug-likeness (QED) is 0.793. The first-order chi connectivity index (χ1) is 9.78. The number of aromatic nitrogens is 2. The third-order valence-electron chi connectivity index (χ3n) is 3.26. The molecule has 1 N–H and O–H groups in total. The van der Waals surface area contributed by atoms with Crippen LogP contribution in [-0.2, 0) is 0 Å². The Balaban J connectivity index is 2.04. The van der Waals surface area contributed by atoms with Gasteiger partial charge in [-0.3, -0.25) is 4.98 Å². The molecule has 3 rings (SSSR count). The average molecular weight is 283 g/mol. The summed E-state index contributed by atoms with van der Waals surface area (Å²) in [5, 5.41) is 5.69. The molecule has 2 aromatic heterocycles. The van der Waals surface area contributed by atoms with E-state index in [-0.39, 0.29) is 6.04 Å². The molecule has 1 unspecified atom stereocenters. The predicted molar refractivity (Wildman–Crippen MR) is 84.1 cm³/mol. The van der Waals surface area contributed by atoms with E-state index in [2.05, 4.69) is 35.6 Å². The van der Waals surface area contributed by atoms with Gasteiger partial charge in [0.05, 0.1) is 29.0 Å². The molecule has 0 fully saturated rings. The van der Waals surface area contributed by atoms with Crippen molar-refractivity contribution in [1.82, 2.24) is 15.3 Å². The molecule has 3 nitrogen and oxygen atoms in total. The number of benzene rings is 1. The summed E-state index contributed by atoms with van der Waals surface area (Å²) >= 11 is 1.77. The van der Waals surface area contributed by atoms with E-state index in [1.807, 2.05) is 30.5 Å². The number of aryl methyl sites for hydroxylation is 1. The summed E-state index contributed by atoms with van der Waals surface area (Å²) in [6, 6.07) is 10.3. The lowest BCUT2D eigenvalue weighted by molar-refractivity contribution is 0.617. The van der Waals surface area contributed by atoms with Crippen LogP contribution in [0.5, 0.6) is 0 Å². The van der Waals surface area contributed by atoms with Gasteiger partial charge in [-0.25, -0.2) is 4.98 Å². The summed E-state index contributed by atoms with van der Waals surface area (Å²) < 4.78 is 0. The van der Waals surface area contributed by atoms with Crippen LogP contribution in [0.4, 0.5) is 0 Å². The standard InChI is InChI=1S/C16H17N3S/c1-3-17-16(12-8-11(2)20-10-12)15-9-18-13-6-4-5-7-14(13)19-15/h4-10,16-17H,3H2,1-2H3. The van der Waals surface area contributed by atoms with E-state index in [0.717, 1.165) is 23.3 Å². The van der Waals surface area contributed by atoms with Crippen molar-refractivity contribution in [3.05, 3.63) is 58.0 Å². The Morgan fingerprint density at radius 2 is 2.05 bits per heavy atom. The Morgan fingerprint density at radius 1 is 1.25 bits per heavy atom. The van der Waals surface area contributed by atoms with Gasteiger partial charge >= 0.3 is 0 Å². The highest BCUT2D eigenvalue weighted by atomic mass is 32.1. The van der Waals surface area contributed by atoms with Gasteiger partial charge in [-0.1, -0.05) is 19.1 Å². The second kappa shape index (κ2) is 5.69. The van der Waals surface area contributed by atoms with Crippen LogP contribution in [0.3, 0.4) is 0 Å². The summed E-state index contributed by atoms with van der Waals surface area (Å²) in [5.74, 6) is 0. The van der Waals surface area contributed by atoms with Gasteiger partial charge < -0.3 is 5.32 Å². The SMILES string of the molecule is CCNC(c1csc(C)c1)c1cnc2ccccc2n1. The number of rotatable bonds is 4. The van der Waals surface area contributed by atoms with Gasteiger partial charge in [-0.05, 0) is 42.6 Å². The van der Waals surface area contributed by atoms with E-state index in [9.17, 15) is 0 Å². The summed E-state index contributed by atoms with van der Waals surface area (Å²) in [6.45, 7) is 5.14. The number of nitrogens with one attached hydrogen (secondary N) is 1. The Labute approximate surface area is 122 Å². The highest BCUT2D eigenvalue weighted by Gasteiger charge is 2.16. The largest absolute Gasteiger partial charge is 0.305 e. The van der Waals surface area contributed by atoms with Gasteiger partial charge in [-0.2, -0.15) is 0 Å². The Morgan fingerprint density at radius 3 is 2.75 bits per heavy atom. The molecule has 0 radical (unpaired) electrons. The van der Waals surface area contributed by atoms with Crippen molar-refractivity contribution in [1.29, 1.82) is 0 Å². The molecule has 0 saturated carbocycles. The van der Waals surface area contributed by atoms with E-state index in [1.165, 1.54) is 10.4 Å². The maximum atomic E-state index is 4.76. The molecule has 1 aromatic carbocycles. The first-order valence-electron chi connectivity index (χ1n) is 6.78. The zero-order valence-corrected chi connectivity index (χ0v) is 12.4. The first-order valence-corrected chi connectivity index (χ1v) is 7.66. The van der Waals surface area contributed by atoms with E-state index in [1.54, 1.807) is 11.3 Å². The number of thiophene rings is 1. The highest BCUT2D eigenvalue weighted by Crippen LogP contribution is 2.25. The van der Waals surface area contributed by atoms with Crippen molar-refractivity contribution >= 4 is 22.4 Å². The first kappa shape index (κ1) is 13.2. The van der Waals surface area contributed by atoms with Crippen molar-refractivity contribution in [2.45, 2.75) is 19.9 Å². The number of fused-ring (bicyclic) bond motifs is 1. The van der Waals surface area contributed by atoms with Crippen LogP contribution >= 0.6 is 11.3 Å².